The van der Waals surface area contributed by atoms with E-state index in [1.54, 1.807) is 0 Å². The number of benzene rings is 2. The van der Waals surface area contributed by atoms with Crippen LogP contribution >= 0.6 is 0 Å². The Kier molecular flexibility index (Phi) is 6.24. The summed E-state index contributed by atoms with van der Waals surface area (Å²) in [5, 5.41) is 3.01. The molecule has 2 aromatic carbocycles. The van der Waals surface area contributed by atoms with E-state index in [4.69, 9.17) is 10.5 Å². The second kappa shape index (κ2) is 8.63. The van der Waals surface area contributed by atoms with Crippen molar-refractivity contribution in [1.82, 2.24) is 5.32 Å². The number of hydrogen-bond acceptors (Lipinski definition) is 2. The topological polar surface area (TPSA) is 59.6 Å². The summed E-state index contributed by atoms with van der Waals surface area (Å²) in [4.78, 5) is 4.29. The summed E-state index contributed by atoms with van der Waals surface area (Å²) in [5.74, 6) is 1.27. The summed E-state index contributed by atoms with van der Waals surface area (Å²) in [6.07, 6.45) is 0. The Morgan fingerprint density at radius 2 is 1.78 bits per heavy atom. The molecule has 0 bridgehead atoms. The van der Waals surface area contributed by atoms with Crippen LogP contribution in [0.25, 0.3) is 0 Å². The zero-order valence-electron chi connectivity index (χ0n) is 13.5. The van der Waals surface area contributed by atoms with Crippen LogP contribution in [0.2, 0.25) is 0 Å². The van der Waals surface area contributed by atoms with E-state index in [1.807, 2.05) is 61.5 Å². The third-order valence-corrected chi connectivity index (χ3v) is 3.17. The lowest BCUT2D eigenvalue weighted by atomic mass is 10.2. The molecule has 0 saturated heterocycles. The lowest BCUT2D eigenvalue weighted by molar-refractivity contribution is 0.306. The normalized spacial score (nSPS) is 11.1. The van der Waals surface area contributed by atoms with E-state index in [2.05, 4.69) is 16.9 Å². The van der Waals surface area contributed by atoms with Crippen LogP contribution in [0.1, 0.15) is 18.1 Å². The molecule has 4 heteroatoms. The van der Waals surface area contributed by atoms with Crippen molar-refractivity contribution in [2.24, 2.45) is 10.7 Å². The van der Waals surface area contributed by atoms with Gasteiger partial charge in [-0.15, -0.1) is 0 Å². The van der Waals surface area contributed by atoms with Crippen molar-refractivity contribution >= 4 is 5.96 Å². The third-order valence-electron chi connectivity index (χ3n) is 3.17. The Morgan fingerprint density at radius 3 is 2.43 bits per heavy atom. The standard InChI is InChI=1S/C19H23N3O/c1-15(2)12-21-19(20)22-13-16-8-10-18(11-9-16)23-14-17-6-4-3-5-7-17/h3-11H,1,12-14H2,2H3,(H3,20,21,22). The van der Waals surface area contributed by atoms with Crippen LogP contribution in [-0.4, -0.2) is 12.5 Å². The van der Waals surface area contributed by atoms with Gasteiger partial charge in [-0.3, -0.25) is 0 Å². The zero-order chi connectivity index (χ0) is 16.5. The molecule has 0 aliphatic carbocycles. The van der Waals surface area contributed by atoms with Crippen molar-refractivity contribution in [3.63, 3.8) is 0 Å². The molecule has 0 unspecified atom stereocenters. The Labute approximate surface area is 137 Å². The van der Waals surface area contributed by atoms with E-state index in [1.165, 1.54) is 0 Å². The van der Waals surface area contributed by atoms with Gasteiger partial charge in [0.2, 0.25) is 0 Å². The van der Waals surface area contributed by atoms with Gasteiger partial charge in [-0.05, 0) is 30.2 Å². The van der Waals surface area contributed by atoms with E-state index in [9.17, 15) is 0 Å². The second-order valence-corrected chi connectivity index (χ2v) is 5.43. The van der Waals surface area contributed by atoms with Crippen LogP contribution in [0.5, 0.6) is 5.75 Å². The van der Waals surface area contributed by atoms with Gasteiger partial charge in [-0.2, -0.15) is 0 Å². The van der Waals surface area contributed by atoms with E-state index in [-0.39, 0.29) is 0 Å². The maximum Gasteiger partial charge on any atom is 0.189 e. The van der Waals surface area contributed by atoms with Crippen molar-refractivity contribution in [3.05, 3.63) is 77.9 Å². The molecule has 0 aromatic heterocycles. The fraction of sp³-hybridized carbons (Fsp3) is 0.211. The van der Waals surface area contributed by atoms with Crippen LogP contribution in [0.4, 0.5) is 0 Å². The molecule has 120 valence electrons. The number of rotatable bonds is 7. The first-order valence-corrected chi connectivity index (χ1v) is 7.57. The van der Waals surface area contributed by atoms with Gasteiger partial charge < -0.3 is 15.8 Å². The molecule has 0 heterocycles. The van der Waals surface area contributed by atoms with Crippen molar-refractivity contribution in [1.29, 1.82) is 0 Å². The molecule has 0 aliphatic rings. The number of ether oxygens (including phenoxy) is 1. The first kappa shape index (κ1) is 16.6. The first-order chi connectivity index (χ1) is 11.1. The summed E-state index contributed by atoms with van der Waals surface area (Å²) >= 11 is 0. The monoisotopic (exact) mass is 309 g/mol. The van der Waals surface area contributed by atoms with Crippen LogP contribution in [0.15, 0.2) is 71.7 Å². The van der Waals surface area contributed by atoms with Gasteiger partial charge in [0, 0.05) is 6.54 Å². The number of aliphatic imine (C=N–C) groups is 1. The zero-order valence-corrected chi connectivity index (χ0v) is 13.5. The molecule has 0 spiro atoms. The Hall–Kier alpha value is -2.75. The van der Waals surface area contributed by atoms with Gasteiger partial charge in [0.15, 0.2) is 5.96 Å². The van der Waals surface area contributed by atoms with Crippen molar-refractivity contribution in [2.45, 2.75) is 20.1 Å². The number of hydrogen-bond donors (Lipinski definition) is 2. The highest BCUT2D eigenvalue weighted by Crippen LogP contribution is 2.14. The summed E-state index contributed by atoms with van der Waals surface area (Å²) < 4.78 is 5.75. The van der Waals surface area contributed by atoms with E-state index >= 15 is 0 Å². The highest BCUT2D eigenvalue weighted by atomic mass is 16.5. The molecule has 0 aliphatic heterocycles. The predicted octanol–water partition coefficient (Wildman–Crippen LogP) is 3.25. The molecule has 0 atom stereocenters. The fourth-order valence-electron chi connectivity index (χ4n) is 1.91. The lowest BCUT2D eigenvalue weighted by Crippen LogP contribution is -2.32. The maximum atomic E-state index is 5.78. The minimum atomic E-state index is 0.428. The van der Waals surface area contributed by atoms with Gasteiger partial charge in [-0.1, -0.05) is 54.6 Å². The van der Waals surface area contributed by atoms with Gasteiger partial charge in [-0.25, -0.2) is 4.99 Å². The van der Waals surface area contributed by atoms with E-state index in [0.29, 0.717) is 25.7 Å². The van der Waals surface area contributed by atoms with Gasteiger partial charge in [0.25, 0.3) is 0 Å². The molecule has 2 aromatic rings. The Bertz CT molecular complexity index is 648. The van der Waals surface area contributed by atoms with Crippen LogP contribution in [0.3, 0.4) is 0 Å². The predicted molar refractivity (Wildman–Crippen MR) is 95.4 cm³/mol. The summed E-state index contributed by atoms with van der Waals surface area (Å²) in [7, 11) is 0. The fourth-order valence-corrected chi connectivity index (χ4v) is 1.91. The lowest BCUT2D eigenvalue weighted by Gasteiger charge is -2.07. The molecule has 4 nitrogen and oxygen atoms in total. The average molecular weight is 309 g/mol. The summed E-state index contributed by atoms with van der Waals surface area (Å²) in [6, 6.07) is 18.0. The van der Waals surface area contributed by atoms with Crippen molar-refractivity contribution in [2.75, 3.05) is 6.54 Å². The van der Waals surface area contributed by atoms with Gasteiger partial charge in [0.05, 0.1) is 6.54 Å². The number of nitrogens with zero attached hydrogens (tertiary/aromatic N) is 1. The van der Waals surface area contributed by atoms with Crippen molar-refractivity contribution in [3.8, 4) is 5.75 Å². The number of nitrogens with one attached hydrogen (secondary N) is 1. The third kappa shape index (κ3) is 6.26. The quantitative estimate of drug-likeness (QED) is 0.469. The van der Waals surface area contributed by atoms with Crippen LogP contribution in [0, 0.1) is 0 Å². The highest BCUT2D eigenvalue weighted by molar-refractivity contribution is 5.78. The molecular weight excluding hydrogens is 286 g/mol. The minimum absolute atomic E-state index is 0.428. The van der Waals surface area contributed by atoms with Gasteiger partial charge in [0.1, 0.15) is 12.4 Å². The summed E-state index contributed by atoms with van der Waals surface area (Å²) in [5.41, 5.74) is 9.03. The molecule has 0 amide bonds. The van der Waals surface area contributed by atoms with Crippen LogP contribution in [-0.2, 0) is 13.2 Å². The molecule has 0 fully saturated rings. The highest BCUT2D eigenvalue weighted by Gasteiger charge is 1.97. The van der Waals surface area contributed by atoms with E-state index < -0.39 is 0 Å². The minimum Gasteiger partial charge on any atom is -0.489 e. The molecule has 23 heavy (non-hydrogen) atoms. The molecule has 2 rings (SSSR count). The first-order valence-electron chi connectivity index (χ1n) is 7.57. The average Bonchev–Trinajstić information content (AvgIpc) is 2.58. The smallest absolute Gasteiger partial charge is 0.189 e. The van der Waals surface area contributed by atoms with Gasteiger partial charge >= 0.3 is 0 Å². The number of guanidine groups is 1. The Morgan fingerprint density at radius 1 is 1.09 bits per heavy atom. The summed E-state index contributed by atoms with van der Waals surface area (Å²) in [6.45, 7) is 7.49. The van der Waals surface area contributed by atoms with E-state index in [0.717, 1.165) is 22.4 Å². The maximum absolute atomic E-state index is 5.78. The molecule has 0 saturated carbocycles. The number of nitrogens with two attached hydrogens (primary N) is 1. The van der Waals surface area contributed by atoms with Crippen molar-refractivity contribution < 1.29 is 4.74 Å². The SMILES string of the molecule is C=C(C)CNC(N)=NCc1ccc(OCc2ccccc2)cc1. The second-order valence-electron chi connectivity index (χ2n) is 5.43. The Balaban J connectivity index is 1.82. The molecule has 3 N–H and O–H groups in total. The molecule has 0 radical (unpaired) electrons. The largest absolute Gasteiger partial charge is 0.489 e. The van der Waals surface area contributed by atoms with Crippen LogP contribution < -0.4 is 15.8 Å². The molecular formula is C19H23N3O.